The van der Waals surface area contributed by atoms with Gasteiger partial charge in [0.25, 0.3) is 5.69 Å². The number of ether oxygens (including phenoxy) is 2. The molecule has 103 heavy (non-hydrogen) atoms. The summed E-state index contributed by atoms with van der Waals surface area (Å²) in [5.74, 6) is 1.66. The maximum atomic E-state index is 13.1. The molecular formula is C98H105NO4. The Kier molecular flexibility index (Phi) is 17.2. The lowest BCUT2D eigenvalue weighted by atomic mass is 9.76. The molecular weight excluding hydrogens is 1260 g/mol. The first-order valence-electron chi connectivity index (χ1n) is 38.0. The third-order valence-electron chi connectivity index (χ3n) is 23.3. The minimum Gasteiger partial charge on any atom is -0.488 e. The average Bonchev–Trinajstić information content (AvgIpc) is 1.69. The van der Waals surface area contributed by atoms with Crippen molar-refractivity contribution >= 4 is 27.2 Å². The van der Waals surface area contributed by atoms with Crippen molar-refractivity contribution in [2.24, 2.45) is 0 Å². The Morgan fingerprint density at radius 1 is 0.262 bits per heavy atom. The second-order valence-electron chi connectivity index (χ2n) is 37.4. The van der Waals surface area contributed by atoms with Crippen LogP contribution in [0.25, 0.3) is 21.5 Å². The lowest BCUT2D eigenvalue weighted by Gasteiger charge is -2.29. The van der Waals surface area contributed by atoms with Crippen LogP contribution in [-0.2, 0) is 110 Å². The van der Waals surface area contributed by atoms with Crippen molar-refractivity contribution in [1.82, 2.24) is 0 Å². The fourth-order valence-electron chi connectivity index (χ4n) is 17.0. The Labute approximate surface area is 613 Å². The molecule has 0 spiro atoms. The third-order valence-corrected chi connectivity index (χ3v) is 23.3. The van der Waals surface area contributed by atoms with Crippen LogP contribution in [0.5, 0.6) is 11.5 Å². The molecule has 3 aliphatic carbocycles. The molecule has 15 rings (SSSR count). The SMILES string of the molecule is CC(C)(C)c1cc2c3c(c1)Cc1cc(C(C)(C)C)cc(c1Cc1cc4ccccc4cc1C3)Cc1cc(C(C)(C)C)cc3c1OCc1cc(cc([N+](=O)[O-])c1)COc1c(cc(C(C)(C)C)cc1C3)Cc1cc(C(C)(C)C)cc3c1Cc1cc4ccccc4cc1Cc1c(cc(C(C)(C)C)cc1C3)C2. The predicted molar refractivity (Wildman–Crippen MR) is 429 cm³/mol. The van der Waals surface area contributed by atoms with Gasteiger partial charge in [0.05, 0.1) is 4.92 Å². The van der Waals surface area contributed by atoms with Crippen molar-refractivity contribution in [3.8, 4) is 11.5 Å². The van der Waals surface area contributed by atoms with Gasteiger partial charge in [0, 0.05) is 31.4 Å². The van der Waals surface area contributed by atoms with E-state index in [2.05, 4.69) is 276 Å². The van der Waals surface area contributed by atoms with Crippen molar-refractivity contribution in [3.05, 3.63) is 330 Å². The molecule has 526 valence electrons. The molecule has 0 saturated carbocycles. The average molecular weight is 1360 g/mol. The molecule has 11 aromatic rings. The van der Waals surface area contributed by atoms with E-state index in [-0.39, 0.29) is 56.3 Å². The second-order valence-corrected chi connectivity index (χ2v) is 37.4. The van der Waals surface area contributed by atoms with Gasteiger partial charge in [-0.25, -0.2) is 0 Å². The lowest BCUT2D eigenvalue weighted by Crippen LogP contribution is -2.18. The highest BCUT2D eigenvalue weighted by molar-refractivity contribution is 5.86. The Morgan fingerprint density at radius 3 is 0.680 bits per heavy atom. The molecule has 0 radical (unpaired) electrons. The molecule has 0 unspecified atom stereocenters. The predicted octanol–water partition coefficient (Wildman–Crippen LogP) is 24.0. The number of nitro groups is 1. The molecule has 5 heteroatoms. The van der Waals surface area contributed by atoms with Crippen molar-refractivity contribution < 1.29 is 14.4 Å². The monoisotopic (exact) mass is 1360 g/mol. The molecule has 0 aromatic heterocycles. The van der Waals surface area contributed by atoms with Gasteiger partial charge in [0.15, 0.2) is 0 Å². The number of nitro benzene ring substituents is 1. The summed E-state index contributed by atoms with van der Waals surface area (Å²) in [6, 6.07) is 64.0. The summed E-state index contributed by atoms with van der Waals surface area (Å²) in [4.78, 5) is 12.9. The first kappa shape index (κ1) is 69.6. The first-order valence-corrected chi connectivity index (χ1v) is 38.0. The molecule has 1 aliphatic heterocycles. The maximum Gasteiger partial charge on any atom is 0.270 e. The number of rotatable bonds is 1. The highest BCUT2D eigenvalue weighted by Gasteiger charge is 2.33. The van der Waals surface area contributed by atoms with Crippen molar-refractivity contribution in [2.75, 3.05) is 0 Å². The minimum atomic E-state index is -0.267. The van der Waals surface area contributed by atoms with E-state index in [4.69, 9.17) is 9.47 Å². The van der Waals surface area contributed by atoms with Crippen molar-refractivity contribution in [1.29, 1.82) is 0 Å². The van der Waals surface area contributed by atoms with E-state index < -0.39 is 0 Å². The van der Waals surface area contributed by atoms with Crippen LogP contribution >= 0.6 is 0 Å². The Balaban J connectivity index is 1.12. The molecule has 0 atom stereocenters. The smallest absolute Gasteiger partial charge is 0.270 e. The number of nitrogens with zero attached hydrogens (tertiary/aromatic N) is 1. The van der Waals surface area contributed by atoms with Gasteiger partial charge in [-0.2, -0.15) is 0 Å². The van der Waals surface area contributed by atoms with Gasteiger partial charge < -0.3 is 9.47 Å². The molecule has 20 bridgehead atoms. The first-order chi connectivity index (χ1) is 48.5. The van der Waals surface area contributed by atoms with Crippen LogP contribution in [-0.4, -0.2) is 4.92 Å². The Morgan fingerprint density at radius 2 is 0.466 bits per heavy atom. The normalized spacial score (nSPS) is 14.9. The molecule has 0 N–H and O–H groups in total. The van der Waals surface area contributed by atoms with Gasteiger partial charge in [-0.3, -0.25) is 10.1 Å². The molecule has 0 fully saturated rings. The van der Waals surface area contributed by atoms with Crippen molar-refractivity contribution in [2.45, 2.75) is 235 Å². The lowest BCUT2D eigenvalue weighted by molar-refractivity contribution is -0.385. The summed E-state index contributed by atoms with van der Waals surface area (Å²) in [6.07, 6.45) is 7.27. The van der Waals surface area contributed by atoms with Crippen LogP contribution in [0.2, 0.25) is 0 Å². The fourth-order valence-corrected chi connectivity index (χ4v) is 17.0. The van der Waals surface area contributed by atoms with Crippen LogP contribution in [0.15, 0.2) is 164 Å². The number of hydrogen-bond donors (Lipinski definition) is 0. The fraction of sp³-hybridized carbons (Fsp3) is 0.367. The summed E-state index contributed by atoms with van der Waals surface area (Å²) in [7, 11) is 0. The van der Waals surface area contributed by atoms with Crippen LogP contribution in [0.3, 0.4) is 0 Å². The van der Waals surface area contributed by atoms with Gasteiger partial charge in [-0.15, -0.1) is 0 Å². The van der Waals surface area contributed by atoms with Gasteiger partial charge >= 0.3 is 0 Å². The second kappa shape index (κ2) is 25.4. The Hall–Kier alpha value is -9.06. The van der Waals surface area contributed by atoms with E-state index in [0.717, 1.165) is 89.8 Å². The molecule has 0 saturated heterocycles. The largest absolute Gasteiger partial charge is 0.488 e. The molecule has 4 aliphatic rings. The summed E-state index contributed by atoms with van der Waals surface area (Å²) < 4.78 is 15.1. The van der Waals surface area contributed by atoms with Crippen LogP contribution in [0, 0.1) is 10.1 Å². The van der Waals surface area contributed by atoms with Crippen molar-refractivity contribution in [3.63, 3.8) is 0 Å². The van der Waals surface area contributed by atoms with Gasteiger partial charge in [-0.1, -0.05) is 270 Å². The van der Waals surface area contributed by atoms with E-state index in [9.17, 15) is 10.1 Å². The summed E-state index contributed by atoms with van der Waals surface area (Å²) in [6.45, 7) is 43.0. The third kappa shape index (κ3) is 13.9. The van der Waals surface area contributed by atoms with Crippen LogP contribution in [0.1, 0.15) is 280 Å². The highest BCUT2D eigenvalue weighted by Crippen LogP contribution is 2.47. The number of non-ortho nitro benzene ring substituents is 1. The van der Waals surface area contributed by atoms with E-state index in [1.165, 1.54) is 144 Å². The standard InChI is InChI=1S/C98H105NO4/c1-93(2,3)80-40-68-34-69-41-81(94(4,5)6)43-71-36-73-45-83(96(10,11)12)47-75(90(73)55-67-33-63-26-22-20-24-61(63)31-65(67)53-88(69)71)38-77-49-85(98(16,17)18)51-79-39-78-50-84(97(13,14)15)48-76(91(78)102-56-58-27-59(57-103-92(77)79)29-86(28-58)99(100)101)37-74-46-82(95(7,8)9)44-72-35-70(42-80)87(68)52-64-30-60-23-19-21-25-62(60)32-66(64)54-89(72)74/h19-33,40-51H,34-39,52-57H2,1-18H3. The minimum absolute atomic E-state index is 0.0262. The molecule has 1 heterocycles. The molecule has 0 amide bonds. The zero-order valence-corrected chi connectivity index (χ0v) is 64.7. The zero-order valence-electron chi connectivity index (χ0n) is 64.7. The summed E-state index contributed by atoms with van der Waals surface area (Å²) in [5, 5.41) is 18.2. The van der Waals surface area contributed by atoms with E-state index in [1.54, 1.807) is 12.1 Å². The summed E-state index contributed by atoms with van der Waals surface area (Å²) >= 11 is 0. The van der Waals surface area contributed by atoms with E-state index in [0.29, 0.717) is 19.3 Å². The number of hydrogen-bond acceptors (Lipinski definition) is 4. The highest BCUT2D eigenvalue weighted by atomic mass is 16.6. The van der Waals surface area contributed by atoms with Crippen LogP contribution in [0.4, 0.5) is 5.69 Å². The molecule has 5 nitrogen and oxygen atoms in total. The Bertz CT molecular complexity index is 4980. The zero-order chi connectivity index (χ0) is 72.8. The number of fused-ring (bicyclic) bond motifs is 6. The van der Waals surface area contributed by atoms with Gasteiger partial charge in [-0.05, 0) is 261 Å². The van der Waals surface area contributed by atoms with Crippen LogP contribution < -0.4 is 9.47 Å². The van der Waals surface area contributed by atoms with Gasteiger partial charge in [0.2, 0.25) is 0 Å². The van der Waals surface area contributed by atoms with E-state index >= 15 is 0 Å². The summed E-state index contributed by atoms with van der Waals surface area (Å²) in [5.41, 5.74) is 34.6. The maximum absolute atomic E-state index is 13.1. The topological polar surface area (TPSA) is 61.6 Å². The van der Waals surface area contributed by atoms with Gasteiger partial charge in [0.1, 0.15) is 24.7 Å². The quantitative estimate of drug-likeness (QED) is 0.121. The molecule has 11 aromatic carbocycles. The van der Waals surface area contributed by atoms with E-state index in [1.807, 2.05) is 0 Å². The number of benzene rings is 11.